The molecular weight excluding hydrogens is 418 g/mol. The Morgan fingerprint density at radius 3 is 2.59 bits per heavy atom. The quantitative estimate of drug-likeness (QED) is 0.572. The summed E-state index contributed by atoms with van der Waals surface area (Å²) in [7, 11) is 3.16. The number of carbonyl (C=O) groups excluding carboxylic acids is 3. The highest BCUT2D eigenvalue weighted by Gasteiger charge is 2.50. The number of ether oxygens (including phenoxy) is 1. The van der Waals surface area contributed by atoms with E-state index in [2.05, 4.69) is 5.32 Å². The minimum absolute atomic E-state index is 0.0247. The molecule has 1 aromatic carbocycles. The second-order valence-electron chi connectivity index (χ2n) is 7.81. The molecule has 2 fully saturated rings. The van der Waals surface area contributed by atoms with Crippen molar-refractivity contribution >= 4 is 23.8 Å². The maximum absolute atomic E-state index is 13.1. The van der Waals surface area contributed by atoms with Crippen molar-refractivity contribution in [3.63, 3.8) is 0 Å². The molecule has 0 spiro atoms. The third-order valence-electron chi connectivity index (χ3n) is 5.63. The molecule has 11 nitrogen and oxygen atoms in total. The number of carbonyl (C=O) groups is 4. The number of amides is 4. The molecule has 4 amide bonds. The summed E-state index contributed by atoms with van der Waals surface area (Å²) in [6.07, 6.45) is -1.03. The van der Waals surface area contributed by atoms with Crippen molar-refractivity contribution in [2.75, 3.05) is 40.4 Å². The lowest BCUT2D eigenvalue weighted by Gasteiger charge is -2.54. The zero-order valence-electron chi connectivity index (χ0n) is 18.3. The zero-order valence-corrected chi connectivity index (χ0v) is 18.3. The van der Waals surface area contributed by atoms with E-state index in [1.807, 2.05) is 30.3 Å². The number of rotatable bonds is 8. The van der Waals surface area contributed by atoms with E-state index < -0.39 is 24.2 Å². The number of methoxy groups -OCH3 is 1. The number of hydrazine groups is 1. The predicted octanol–water partition coefficient (Wildman–Crippen LogP) is -0.0647. The fourth-order valence-corrected chi connectivity index (χ4v) is 4.10. The average molecular weight is 447 g/mol. The molecule has 0 bridgehead atoms. The molecule has 2 heterocycles. The second kappa shape index (κ2) is 10.4. The van der Waals surface area contributed by atoms with Crippen LogP contribution in [-0.4, -0.2) is 101 Å². The van der Waals surface area contributed by atoms with Gasteiger partial charge in [0.2, 0.25) is 11.8 Å². The number of piperazine rings is 1. The van der Waals surface area contributed by atoms with Crippen molar-refractivity contribution in [1.82, 2.24) is 25.1 Å². The number of nitrogens with zero attached hydrogens (tertiary/aromatic N) is 4. The van der Waals surface area contributed by atoms with Gasteiger partial charge in [0.05, 0.1) is 19.7 Å². The number of hydrogen-bond donors (Lipinski definition) is 2. The number of fused-ring (bicyclic) bond motifs is 1. The number of aliphatic carboxylic acids is 1. The number of nitrogens with one attached hydrogen (secondary N) is 1. The third-order valence-corrected chi connectivity index (χ3v) is 5.63. The summed E-state index contributed by atoms with van der Waals surface area (Å²) in [5, 5.41) is 15.0. The molecule has 1 aromatic rings. The predicted molar refractivity (Wildman–Crippen MR) is 113 cm³/mol. The van der Waals surface area contributed by atoms with Crippen molar-refractivity contribution in [3.8, 4) is 0 Å². The van der Waals surface area contributed by atoms with Gasteiger partial charge in [-0.15, -0.1) is 0 Å². The maximum atomic E-state index is 13.1. The molecule has 0 aromatic heterocycles. The summed E-state index contributed by atoms with van der Waals surface area (Å²) in [5.41, 5.74) is 0.924. The van der Waals surface area contributed by atoms with Crippen molar-refractivity contribution in [3.05, 3.63) is 35.9 Å². The average Bonchev–Trinajstić information content (AvgIpc) is 2.76. The van der Waals surface area contributed by atoms with Crippen LogP contribution in [0.4, 0.5) is 4.79 Å². The summed E-state index contributed by atoms with van der Waals surface area (Å²) in [6, 6.07) is 8.07. The first-order chi connectivity index (χ1) is 15.3. The lowest BCUT2D eigenvalue weighted by molar-refractivity contribution is -0.188. The first-order valence-electron chi connectivity index (χ1n) is 10.5. The molecule has 0 saturated carbocycles. The monoisotopic (exact) mass is 447 g/mol. The molecular formula is C21H29N5O6. The smallest absolute Gasteiger partial charge is 0.334 e. The highest BCUT2D eigenvalue weighted by Crippen LogP contribution is 2.27. The van der Waals surface area contributed by atoms with Crippen LogP contribution in [0.2, 0.25) is 0 Å². The summed E-state index contributed by atoms with van der Waals surface area (Å²) >= 11 is 0. The van der Waals surface area contributed by atoms with Gasteiger partial charge in [-0.05, 0) is 12.0 Å². The molecule has 2 N–H and O–H groups in total. The van der Waals surface area contributed by atoms with E-state index in [-0.39, 0.29) is 50.9 Å². The van der Waals surface area contributed by atoms with E-state index in [4.69, 9.17) is 9.84 Å². The summed E-state index contributed by atoms with van der Waals surface area (Å²) in [4.78, 5) is 53.1. The van der Waals surface area contributed by atoms with Gasteiger partial charge in [0.15, 0.2) is 0 Å². The molecule has 2 aliphatic heterocycles. The Morgan fingerprint density at radius 2 is 1.94 bits per heavy atom. The second-order valence-corrected chi connectivity index (χ2v) is 7.81. The Hall–Kier alpha value is -3.18. The van der Waals surface area contributed by atoms with Gasteiger partial charge in [-0.2, -0.15) is 0 Å². The SMILES string of the molecule is COCCN1C[C@H]2N(C(=O)CN(C)N2C(=O)NCc2ccccc2)C(CCC(=O)O)C1=O. The summed E-state index contributed by atoms with van der Waals surface area (Å²) < 4.78 is 5.09. The number of likely N-dealkylation sites (N-methyl/N-ethyl adjacent to an activating group) is 1. The molecule has 174 valence electrons. The fourth-order valence-electron chi connectivity index (χ4n) is 4.10. The van der Waals surface area contributed by atoms with E-state index in [0.717, 1.165) is 5.56 Å². The lowest BCUT2D eigenvalue weighted by Crippen LogP contribution is -2.76. The highest BCUT2D eigenvalue weighted by molar-refractivity contribution is 5.91. The van der Waals surface area contributed by atoms with Crippen LogP contribution in [0.5, 0.6) is 0 Å². The molecule has 32 heavy (non-hydrogen) atoms. The van der Waals surface area contributed by atoms with Crippen LogP contribution in [0.3, 0.4) is 0 Å². The van der Waals surface area contributed by atoms with Crippen molar-refractivity contribution in [2.45, 2.75) is 31.6 Å². The van der Waals surface area contributed by atoms with Gasteiger partial charge in [0, 0.05) is 33.7 Å². The number of urea groups is 1. The summed E-state index contributed by atoms with van der Waals surface area (Å²) in [5.74, 6) is -1.70. The molecule has 0 aliphatic carbocycles. The van der Waals surface area contributed by atoms with Gasteiger partial charge in [-0.1, -0.05) is 30.3 Å². The van der Waals surface area contributed by atoms with Crippen LogP contribution < -0.4 is 5.32 Å². The van der Waals surface area contributed by atoms with Gasteiger partial charge < -0.3 is 25.0 Å². The van der Waals surface area contributed by atoms with Crippen molar-refractivity contribution < 1.29 is 29.0 Å². The molecule has 2 aliphatic rings. The molecule has 11 heteroatoms. The van der Waals surface area contributed by atoms with E-state index >= 15 is 0 Å². The Bertz CT molecular complexity index is 850. The van der Waals surface area contributed by atoms with Crippen molar-refractivity contribution in [1.29, 1.82) is 0 Å². The Morgan fingerprint density at radius 1 is 1.22 bits per heavy atom. The van der Waals surface area contributed by atoms with Crippen LogP contribution in [0, 0.1) is 0 Å². The van der Waals surface area contributed by atoms with Crippen LogP contribution in [0.15, 0.2) is 30.3 Å². The molecule has 3 rings (SSSR count). The number of hydrogen-bond acceptors (Lipinski definition) is 6. The minimum Gasteiger partial charge on any atom is -0.481 e. The van der Waals surface area contributed by atoms with Crippen LogP contribution in [0.25, 0.3) is 0 Å². The lowest BCUT2D eigenvalue weighted by atomic mass is 10.0. The van der Waals surface area contributed by atoms with Crippen LogP contribution in [0.1, 0.15) is 18.4 Å². The first-order valence-corrected chi connectivity index (χ1v) is 10.5. The summed E-state index contributed by atoms with van der Waals surface area (Å²) in [6.45, 7) is 0.888. The topological polar surface area (TPSA) is 123 Å². The molecule has 0 radical (unpaired) electrons. The Labute approximate surface area is 186 Å². The third kappa shape index (κ3) is 5.17. The normalized spacial score (nSPS) is 21.5. The van der Waals surface area contributed by atoms with Crippen LogP contribution >= 0.6 is 0 Å². The molecule has 2 atom stereocenters. The molecule has 2 saturated heterocycles. The standard InChI is InChI=1S/C21H29N5O6/c1-23-14-18(27)25-16(8-9-19(28)29)20(30)24(10-11-32-2)13-17(25)26(23)21(31)22-12-15-6-4-3-5-7-15/h3-7,16-17H,8-14H2,1-2H3,(H,22,31)(H,28,29)/t16?,17-/m0/s1. The largest absolute Gasteiger partial charge is 0.481 e. The maximum Gasteiger partial charge on any atom is 0.334 e. The number of carboxylic acids is 1. The van der Waals surface area contributed by atoms with Gasteiger partial charge >= 0.3 is 12.0 Å². The molecule has 1 unspecified atom stereocenters. The van der Waals surface area contributed by atoms with E-state index in [0.29, 0.717) is 6.54 Å². The van der Waals surface area contributed by atoms with E-state index in [9.17, 15) is 19.2 Å². The van der Waals surface area contributed by atoms with Crippen molar-refractivity contribution in [2.24, 2.45) is 0 Å². The fraction of sp³-hybridized carbons (Fsp3) is 0.524. The van der Waals surface area contributed by atoms with E-state index in [1.54, 1.807) is 7.05 Å². The van der Waals surface area contributed by atoms with Gasteiger partial charge in [0.25, 0.3) is 0 Å². The Kier molecular flexibility index (Phi) is 7.65. The van der Waals surface area contributed by atoms with Gasteiger partial charge in [-0.3, -0.25) is 14.4 Å². The van der Waals surface area contributed by atoms with Gasteiger partial charge in [0.1, 0.15) is 12.2 Å². The van der Waals surface area contributed by atoms with Gasteiger partial charge in [-0.25, -0.2) is 14.8 Å². The number of carboxylic acid groups (broad SMARTS) is 1. The minimum atomic E-state index is -1.05. The zero-order chi connectivity index (χ0) is 23.3. The Balaban J connectivity index is 1.84. The van der Waals surface area contributed by atoms with E-state index in [1.165, 1.54) is 26.9 Å². The highest BCUT2D eigenvalue weighted by atomic mass is 16.5. The first kappa shape index (κ1) is 23.5. The van der Waals surface area contributed by atoms with Crippen LogP contribution in [-0.2, 0) is 25.7 Å². The number of benzene rings is 1.